The first-order valence-electron chi connectivity index (χ1n) is 10.5. The Morgan fingerprint density at radius 2 is 1.71 bits per heavy atom. The molecule has 6 heteroatoms. The summed E-state index contributed by atoms with van der Waals surface area (Å²) in [6, 6.07) is 12.9. The molecule has 0 spiro atoms. The van der Waals surface area contributed by atoms with Crippen molar-refractivity contribution < 1.29 is 24.2 Å². The number of methoxy groups -OCH3 is 1. The maximum Gasteiger partial charge on any atom is 0.225 e. The van der Waals surface area contributed by atoms with Crippen LogP contribution in [0.3, 0.4) is 0 Å². The van der Waals surface area contributed by atoms with Crippen LogP contribution in [0.2, 0.25) is 0 Å². The van der Waals surface area contributed by atoms with E-state index in [2.05, 4.69) is 5.32 Å². The summed E-state index contributed by atoms with van der Waals surface area (Å²) in [7, 11) is 1.48. The first kappa shape index (κ1) is 21.0. The number of ether oxygens (including phenoxy) is 2. The fourth-order valence-electron chi connectivity index (χ4n) is 4.50. The third-order valence-electron chi connectivity index (χ3n) is 5.86. The van der Waals surface area contributed by atoms with E-state index in [1.807, 2.05) is 38.1 Å². The van der Waals surface area contributed by atoms with E-state index in [-0.39, 0.29) is 41.8 Å². The molecule has 0 bridgehead atoms. The fourth-order valence-corrected chi connectivity index (χ4v) is 4.50. The topological polar surface area (TPSA) is 84.9 Å². The molecule has 1 aliphatic heterocycles. The van der Waals surface area contributed by atoms with Crippen LogP contribution >= 0.6 is 0 Å². The van der Waals surface area contributed by atoms with Crippen molar-refractivity contribution in [2.45, 2.75) is 51.0 Å². The van der Waals surface area contributed by atoms with E-state index in [0.717, 1.165) is 16.9 Å². The molecule has 2 aromatic rings. The standard InChI is InChI=1S/C25H27NO5/c1-14(2)31-18-7-4-15(5-8-18)17-10-20-25(22(28)12-17)19(13-24(29)26-20)16-6-9-23(30-3)21(27)11-16/h4-9,11,14,17,19,27H,10,12-13H2,1-3H3,(H,26,29). The Kier molecular flexibility index (Phi) is 5.72. The first-order chi connectivity index (χ1) is 14.9. The predicted octanol–water partition coefficient (Wildman–Crippen LogP) is 4.19. The Labute approximate surface area is 181 Å². The van der Waals surface area contributed by atoms with Gasteiger partial charge in [-0.05, 0) is 61.6 Å². The summed E-state index contributed by atoms with van der Waals surface area (Å²) in [4.78, 5) is 25.6. The highest BCUT2D eigenvalue weighted by Gasteiger charge is 2.38. The average Bonchev–Trinajstić information content (AvgIpc) is 2.72. The van der Waals surface area contributed by atoms with E-state index >= 15 is 0 Å². The SMILES string of the molecule is COc1ccc(C2CC(=O)NC3=C2C(=O)CC(c2ccc(OC(C)C)cc2)C3)cc1O. The van der Waals surface area contributed by atoms with E-state index < -0.39 is 0 Å². The molecule has 0 fully saturated rings. The number of aromatic hydroxyl groups is 1. The summed E-state index contributed by atoms with van der Waals surface area (Å²) in [6.45, 7) is 3.96. The van der Waals surface area contributed by atoms with Crippen LogP contribution in [0.5, 0.6) is 17.2 Å². The lowest BCUT2D eigenvalue weighted by atomic mass is 9.73. The Bertz CT molecular complexity index is 1040. The van der Waals surface area contributed by atoms with Crippen molar-refractivity contribution in [3.05, 3.63) is 64.9 Å². The molecule has 2 aromatic carbocycles. The quantitative estimate of drug-likeness (QED) is 0.756. The summed E-state index contributed by atoms with van der Waals surface area (Å²) in [5.41, 5.74) is 3.14. The number of hydrogen-bond donors (Lipinski definition) is 2. The van der Waals surface area contributed by atoms with Gasteiger partial charge in [0.2, 0.25) is 5.91 Å². The third-order valence-corrected chi connectivity index (χ3v) is 5.86. The number of phenolic OH excluding ortho intramolecular Hbond substituents is 1. The van der Waals surface area contributed by atoms with E-state index in [1.165, 1.54) is 7.11 Å². The van der Waals surface area contributed by atoms with Crippen molar-refractivity contribution >= 4 is 11.7 Å². The zero-order valence-electron chi connectivity index (χ0n) is 18.0. The Morgan fingerprint density at radius 1 is 1.00 bits per heavy atom. The number of benzene rings is 2. The van der Waals surface area contributed by atoms with Crippen LogP contribution in [0.15, 0.2) is 53.7 Å². The average molecular weight is 421 g/mol. The number of nitrogens with one attached hydrogen (secondary N) is 1. The largest absolute Gasteiger partial charge is 0.504 e. The highest BCUT2D eigenvalue weighted by molar-refractivity contribution is 6.02. The maximum absolute atomic E-state index is 13.2. The molecule has 0 saturated carbocycles. The minimum absolute atomic E-state index is 0.00188. The minimum atomic E-state index is -0.365. The van der Waals surface area contributed by atoms with E-state index in [0.29, 0.717) is 29.9 Å². The highest BCUT2D eigenvalue weighted by atomic mass is 16.5. The molecule has 2 unspecified atom stereocenters. The first-order valence-corrected chi connectivity index (χ1v) is 10.5. The van der Waals surface area contributed by atoms with Gasteiger partial charge in [0.05, 0.1) is 13.2 Å². The van der Waals surface area contributed by atoms with Gasteiger partial charge in [0, 0.05) is 30.0 Å². The van der Waals surface area contributed by atoms with Crippen LogP contribution in [0.4, 0.5) is 0 Å². The van der Waals surface area contributed by atoms with Crippen LogP contribution in [0.1, 0.15) is 56.1 Å². The number of allylic oxidation sites excluding steroid dienone is 2. The lowest BCUT2D eigenvalue weighted by Gasteiger charge is -2.34. The molecule has 2 aliphatic rings. The van der Waals surface area contributed by atoms with Gasteiger partial charge in [0.25, 0.3) is 0 Å². The molecule has 2 atom stereocenters. The fraction of sp³-hybridized carbons (Fsp3) is 0.360. The van der Waals surface area contributed by atoms with E-state index in [9.17, 15) is 14.7 Å². The van der Waals surface area contributed by atoms with Crippen LogP contribution in [0.25, 0.3) is 0 Å². The van der Waals surface area contributed by atoms with Crippen LogP contribution in [0, 0.1) is 0 Å². The van der Waals surface area contributed by atoms with Crippen molar-refractivity contribution in [2.24, 2.45) is 0 Å². The predicted molar refractivity (Wildman–Crippen MR) is 116 cm³/mol. The number of phenols is 1. The van der Waals surface area contributed by atoms with Crippen molar-refractivity contribution in [3.63, 3.8) is 0 Å². The molecule has 1 heterocycles. The van der Waals surface area contributed by atoms with Gasteiger partial charge < -0.3 is 19.9 Å². The van der Waals surface area contributed by atoms with Crippen molar-refractivity contribution in [1.29, 1.82) is 0 Å². The van der Waals surface area contributed by atoms with Crippen molar-refractivity contribution in [3.8, 4) is 17.2 Å². The number of ketones is 1. The molecule has 0 radical (unpaired) electrons. The Hall–Kier alpha value is -3.28. The van der Waals surface area contributed by atoms with E-state index in [4.69, 9.17) is 9.47 Å². The van der Waals surface area contributed by atoms with Gasteiger partial charge in [-0.2, -0.15) is 0 Å². The summed E-state index contributed by atoms with van der Waals surface area (Å²) in [5, 5.41) is 13.1. The van der Waals surface area contributed by atoms with Gasteiger partial charge in [-0.15, -0.1) is 0 Å². The summed E-state index contributed by atoms with van der Waals surface area (Å²) < 4.78 is 10.8. The van der Waals surface area contributed by atoms with Gasteiger partial charge in [-0.3, -0.25) is 9.59 Å². The second-order valence-electron chi connectivity index (χ2n) is 8.39. The van der Waals surface area contributed by atoms with Crippen LogP contribution in [-0.2, 0) is 9.59 Å². The molecular formula is C25H27NO5. The monoisotopic (exact) mass is 421 g/mol. The zero-order valence-corrected chi connectivity index (χ0v) is 18.0. The number of hydrogen-bond acceptors (Lipinski definition) is 5. The minimum Gasteiger partial charge on any atom is -0.504 e. The molecule has 6 nitrogen and oxygen atoms in total. The van der Waals surface area contributed by atoms with Crippen LogP contribution < -0.4 is 14.8 Å². The van der Waals surface area contributed by atoms with Gasteiger partial charge in [0.15, 0.2) is 17.3 Å². The third kappa shape index (κ3) is 4.29. The van der Waals surface area contributed by atoms with Crippen LogP contribution in [-0.4, -0.2) is 30.0 Å². The molecule has 31 heavy (non-hydrogen) atoms. The summed E-state index contributed by atoms with van der Waals surface area (Å²) >= 11 is 0. The van der Waals surface area contributed by atoms with Gasteiger partial charge in [-0.1, -0.05) is 18.2 Å². The molecule has 0 aromatic heterocycles. The normalized spacial score (nSPS) is 21.0. The molecule has 4 rings (SSSR count). The maximum atomic E-state index is 13.2. The Balaban J connectivity index is 1.62. The van der Waals surface area contributed by atoms with Crippen molar-refractivity contribution in [2.75, 3.05) is 7.11 Å². The summed E-state index contributed by atoms with van der Waals surface area (Å²) in [6.07, 6.45) is 1.26. The zero-order chi connectivity index (χ0) is 22.1. The van der Waals surface area contributed by atoms with Gasteiger partial charge in [0.1, 0.15) is 5.75 Å². The molecule has 162 valence electrons. The lowest BCUT2D eigenvalue weighted by Crippen LogP contribution is -2.38. The number of rotatable bonds is 5. The molecule has 2 N–H and O–H groups in total. The lowest BCUT2D eigenvalue weighted by molar-refractivity contribution is -0.122. The summed E-state index contributed by atoms with van der Waals surface area (Å²) in [5.74, 6) is 0.711. The van der Waals surface area contributed by atoms with Gasteiger partial charge >= 0.3 is 0 Å². The molecule has 1 amide bonds. The number of Topliss-reactive ketones (excluding diaryl/α,β-unsaturated/α-hetero) is 1. The number of carbonyl (C=O) groups is 2. The second-order valence-corrected chi connectivity index (χ2v) is 8.39. The number of amides is 1. The molecule has 0 saturated heterocycles. The van der Waals surface area contributed by atoms with Gasteiger partial charge in [-0.25, -0.2) is 0 Å². The number of carbonyl (C=O) groups excluding carboxylic acids is 2. The molecular weight excluding hydrogens is 394 g/mol. The second kappa shape index (κ2) is 8.46. The highest BCUT2D eigenvalue weighted by Crippen LogP contribution is 2.44. The Morgan fingerprint density at radius 3 is 2.35 bits per heavy atom. The van der Waals surface area contributed by atoms with Crippen molar-refractivity contribution in [1.82, 2.24) is 5.32 Å². The molecule has 1 aliphatic carbocycles. The smallest absolute Gasteiger partial charge is 0.225 e. The van der Waals surface area contributed by atoms with E-state index in [1.54, 1.807) is 18.2 Å².